The predicted molar refractivity (Wildman–Crippen MR) is 72.8 cm³/mol. The molecule has 6 heteroatoms. The highest BCUT2D eigenvalue weighted by atomic mass is 32.1. The first-order valence-corrected chi connectivity index (χ1v) is 8.16. The monoisotopic (exact) mass is 304 g/mol. The molecule has 0 amide bonds. The van der Waals surface area contributed by atoms with Gasteiger partial charge in [-0.15, -0.1) is 11.3 Å². The van der Waals surface area contributed by atoms with Crippen LogP contribution in [0.15, 0.2) is 0 Å². The van der Waals surface area contributed by atoms with E-state index >= 15 is 0 Å². The van der Waals surface area contributed by atoms with E-state index in [2.05, 4.69) is 10.3 Å². The molecule has 0 bridgehead atoms. The molecule has 2 saturated carbocycles. The van der Waals surface area contributed by atoms with Crippen molar-refractivity contribution in [2.75, 3.05) is 0 Å². The van der Waals surface area contributed by atoms with Gasteiger partial charge in [0, 0.05) is 18.5 Å². The predicted octanol–water partition coefficient (Wildman–Crippen LogP) is 4.46. The molecule has 0 radical (unpaired) electrons. The molecule has 0 spiro atoms. The highest BCUT2D eigenvalue weighted by Gasteiger charge is 2.38. The molecule has 2 fully saturated rings. The number of nitrogens with one attached hydrogen (secondary N) is 1. The number of thiazole rings is 1. The summed E-state index contributed by atoms with van der Waals surface area (Å²) in [6.45, 7) is 0.309. The molecular formula is C14H19F3N2S. The maximum absolute atomic E-state index is 13.1. The summed E-state index contributed by atoms with van der Waals surface area (Å²) in [5, 5.41) is 3.87. The van der Waals surface area contributed by atoms with Gasteiger partial charge < -0.3 is 5.32 Å². The molecule has 0 aromatic carbocycles. The van der Waals surface area contributed by atoms with E-state index in [0.717, 1.165) is 38.5 Å². The second-order valence-electron chi connectivity index (χ2n) is 5.81. The van der Waals surface area contributed by atoms with Gasteiger partial charge in [0.05, 0.1) is 9.88 Å². The van der Waals surface area contributed by atoms with Crippen LogP contribution >= 0.6 is 11.3 Å². The van der Waals surface area contributed by atoms with Crippen LogP contribution in [0, 0.1) is 0 Å². The zero-order chi connectivity index (χ0) is 14.2. The summed E-state index contributed by atoms with van der Waals surface area (Å²) in [4.78, 5) is 4.32. The van der Waals surface area contributed by atoms with Gasteiger partial charge in [-0.25, -0.2) is 4.98 Å². The topological polar surface area (TPSA) is 24.9 Å². The van der Waals surface area contributed by atoms with Crippen molar-refractivity contribution in [3.8, 4) is 0 Å². The van der Waals surface area contributed by atoms with E-state index in [0.29, 0.717) is 22.5 Å². The van der Waals surface area contributed by atoms with Gasteiger partial charge in [0.2, 0.25) is 0 Å². The average molecular weight is 304 g/mol. The van der Waals surface area contributed by atoms with Gasteiger partial charge in [0.15, 0.2) is 5.69 Å². The maximum atomic E-state index is 13.1. The smallest absolute Gasteiger partial charge is 0.309 e. The van der Waals surface area contributed by atoms with Gasteiger partial charge in [-0.05, 0) is 25.7 Å². The SMILES string of the molecule is FC(F)(F)c1nc(C2CCCCC2)sc1CNC1CC1. The number of halogens is 3. The molecule has 0 saturated heterocycles. The van der Waals surface area contributed by atoms with Gasteiger partial charge in [-0.2, -0.15) is 13.2 Å². The molecule has 20 heavy (non-hydrogen) atoms. The van der Waals surface area contributed by atoms with Crippen molar-refractivity contribution in [3.63, 3.8) is 0 Å². The Hall–Kier alpha value is -0.620. The van der Waals surface area contributed by atoms with E-state index in [1.807, 2.05) is 0 Å². The second-order valence-corrected chi connectivity index (χ2v) is 6.93. The van der Waals surface area contributed by atoms with Crippen LogP contribution in [-0.2, 0) is 12.7 Å². The minimum absolute atomic E-state index is 0.240. The van der Waals surface area contributed by atoms with Crippen LogP contribution in [0.1, 0.15) is 66.4 Å². The largest absolute Gasteiger partial charge is 0.434 e. The number of rotatable bonds is 4. The lowest BCUT2D eigenvalue weighted by Gasteiger charge is -2.18. The third-order valence-corrected chi connectivity index (χ3v) is 5.28. The zero-order valence-corrected chi connectivity index (χ0v) is 12.1. The Kier molecular flexibility index (Phi) is 4.04. The van der Waals surface area contributed by atoms with Crippen LogP contribution in [0.3, 0.4) is 0 Å². The Morgan fingerprint density at radius 3 is 2.40 bits per heavy atom. The molecule has 2 aliphatic carbocycles. The molecule has 0 aliphatic heterocycles. The molecule has 2 aliphatic rings. The molecule has 0 atom stereocenters. The summed E-state index contributed by atoms with van der Waals surface area (Å²) in [5.41, 5.74) is -0.656. The van der Waals surface area contributed by atoms with Crippen LogP contribution in [0.25, 0.3) is 0 Å². The summed E-state index contributed by atoms with van der Waals surface area (Å²) >= 11 is 1.27. The van der Waals surface area contributed by atoms with Crippen molar-refractivity contribution in [2.45, 2.75) is 69.6 Å². The molecule has 3 rings (SSSR count). The zero-order valence-electron chi connectivity index (χ0n) is 11.3. The van der Waals surface area contributed by atoms with Gasteiger partial charge in [-0.1, -0.05) is 19.3 Å². The van der Waals surface area contributed by atoms with E-state index in [4.69, 9.17) is 0 Å². The molecule has 112 valence electrons. The minimum Gasteiger partial charge on any atom is -0.309 e. The summed E-state index contributed by atoms with van der Waals surface area (Å²) in [7, 11) is 0. The Balaban J connectivity index is 1.79. The quantitative estimate of drug-likeness (QED) is 0.888. The summed E-state index contributed by atoms with van der Waals surface area (Å²) in [6, 6.07) is 0.413. The minimum atomic E-state index is -4.33. The number of hydrogen-bond donors (Lipinski definition) is 1. The summed E-state index contributed by atoms with van der Waals surface area (Å²) < 4.78 is 39.3. The van der Waals surface area contributed by atoms with Crippen molar-refractivity contribution >= 4 is 11.3 Å². The number of alkyl halides is 3. The lowest BCUT2D eigenvalue weighted by Crippen LogP contribution is -2.18. The number of nitrogens with zero attached hydrogens (tertiary/aromatic N) is 1. The first-order valence-electron chi connectivity index (χ1n) is 7.34. The van der Waals surface area contributed by atoms with E-state index in [9.17, 15) is 13.2 Å². The normalized spacial score (nSPS) is 21.4. The van der Waals surface area contributed by atoms with Crippen LogP contribution < -0.4 is 5.32 Å². The van der Waals surface area contributed by atoms with Gasteiger partial charge in [-0.3, -0.25) is 0 Å². The highest BCUT2D eigenvalue weighted by molar-refractivity contribution is 7.11. The van der Waals surface area contributed by atoms with Crippen LogP contribution in [-0.4, -0.2) is 11.0 Å². The second kappa shape index (κ2) is 5.64. The Morgan fingerprint density at radius 2 is 1.80 bits per heavy atom. The fourth-order valence-electron chi connectivity index (χ4n) is 2.76. The molecular weight excluding hydrogens is 285 g/mol. The van der Waals surface area contributed by atoms with E-state index in [-0.39, 0.29) is 5.92 Å². The fraction of sp³-hybridized carbons (Fsp3) is 0.786. The van der Waals surface area contributed by atoms with Gasteiger partial charge >= 0.3 is 6.18 Å². The summed E-state index contributed by atoms with van der Waals surface area (Å²) in [5.74, 6) is 0.240. The third kappa shape index (κ3) is 3.34. The molecule has 1 aromatic rings. The van der Waals surface area contributed by atoms with Gasteiger partial charge in [0.1, 0.15) is 0 Å². The molecule has 2 nitrogen and oxygen atoms in total. The Morgan fingerprint density at radius 1 is 1.10 bits per heavy atom. The summed E-state index contributed by atoms with van der Waals surface area (Å²) in [6.07, 6.45) is 3.22. The van der Waals surface area contributed by atoms with E-state index < -0.39 is 11.9 Å². The fourth-order valence-corrected chi connectivity index (χ4v) is 3.97. The third-order valence-electron chi connectivity index (χ3n) is 4.07. The van der Waals surface area contributed by atoms with Crippen LogP contribution in [0.5, 0.6) is 0 Å². The lowest BCUT2D eigenvalue weighted by molar-refractivity contribution is -0.141. The number of aromatic nitrogens is 1. The standard InChI is InChI=1S/C14H19F3N2S/c15-14(16,17)12-11(8-18-10-6-7-10)20-13(19-12)9-4-2-1-3-5-9/h9-10,18H,1-8H2. The van der Waals surface area contributed by atoms with Crippen molar-refractivity contribution in [1.82, 2.24) is 10.3 Å². The average Bonchev–Trinajstić information content (AvgIpc) is 3.14. The highest BCUT2D eigenvalue weighted by Crippen LogP contribution is 2.40. The first-order chi connectivity index (χ1) is 9.54. The Labute approximate surface area is 120 Å². The van der Waals surface area contributed by atoms with E-state index in [1.165, 1.54) is 17.8 Å². The van der Waals surface area contributed by atoms with Crippen molar-refractivity contribution < 1.29 is 13.2 Å². The van der Waals surface area contributed by atoms with Gasteiger partial charge in [0.25, 0.3) is 0 Å². The Bertz CT molecular complexity index is 459. The van der Waals surface area contributed by atoms with E-state index in [1.54, 1.807) is 0 Å². The van der Waals surface area contributed by atoms with Crippen molar-refractivity contribution in [3.05, 3.63) is 15.6 Å². The van der Waals surface area contributed by atoms with Crippen molar-refractivity contribution in [2.24, 2.45) is 0 Å². The molecule has 1 heterocycles. The lowest BCUT2D eigenvalue weighted by atomic mass is 9.90. The maximum Gasteiger partial charge on any atom is 0.434 e. The first kappa shape index (κ1) is 14.3. The van der Waals surface area contributed by atoms with Crippen LogP contribution in [0.4, 0.5) is 13.2 Å². The van der Waals surface area contributed by atoms with Crippen molar-refractivity contribution in [1.29, 1.82) is 0 Å². The molecule has 1 aromatic heterocycles. The molecule has 0 unspecified atom stereocenters. The number of hydrogen-bond acceptors (Lipinski definition) is 3. The van der Waals surface area contributed by atoms with Crippen LogP contribution in [0.2, 0.25) is 0 Å². The molecule has 1 N–H and O–H groups in total.